The van der Waals surface area contributed by atoms with E-state index in [1.165, 1.54) is 6.07 Å². The van der Waals surface area contributed by atoms with Crippen molar-refractivity contribution in [3.8, 4) is 5.75 Å². The summed E-state index contributed by atoms with van der Waals surface area (Å²) in [5, 5.41) is 13.9. The number of fused-ring (bicyclic) bond motifs is 1. The van der Waals surface area contributed by atoms with Crippen molar-refractivity contribution in [3.05, 3.63) is 51.8 Å². The highest BCUT2D eigenvalue weighted by molar-refractivity contribution is 6.36. The number of aliphatic hydroxyl groups excluding tert-OH is 1. The number of ether oxygens (including phenoxy) is 1. The van der Waals surface area contributed by atoms with Gasteiger partial charge < -0.3 is 20.1 Å². The molecule has 0 spiro atoms. The summed E-state index contributed by atoms with van der Waals surface area (Å²) in [6, 6.07) is 8.35. The fourth-order valence-corrected chi connectivity index (χ4v) is 4.63. The second-order valence-corrected chi connectivity index (χ2v) is 8.82. The number of rotatable bonds is 5. The van der Waals surface area contributed by atoms with Gasteiger partial charge in [0.15, 0.2) is 0 Å². The van der Waals surface area contributed by atoms with Crippen LogP contribution in [0.4, 0.5) is 15.8 Å². The Morgan fingerprint density at radius 3 is 2.63 bits per heavy atom. The van der Waals surface area contributed by atoms with Crippen molar-refractivity contribution in [2.24, 2.45) is 5.41 Å². The normalized spacial score (nSPS) is 18.0. The molecule has 2 aromatic carbocycles. The molecule has 4 rings (SSSR count). The molecule has 1 saturated heterocycles. The van der Waals surface area contributed by atoms with Crippen LogP contribution in [0, 0.1) is 11.2 Å². The van der Waals surface area contributed by atoms with Crippen LogP contribution in [0.5, 0.6) is 5.75 Å². The van der Waals surface area contributed by atoms with Crippen molar-refractivity contribution >= 4 is 40.5 Å². The maximum Gasteiger partial charge on any atom is 0.224 e. The Morgan fingerprint density at radius 2 is 1.93 bits per heavy atom. The molecular weight excluding hydrogens is 430 g/mol. The summed E-state index contributed by atoms with van der Waals surface area (Å²) >= 11 is 12.3. The minimum Gasteiger partial charge on any atom is -0.493 e. The van der Waals surface area contributed by atoms with Crippen LogP contribution in [0.3, 0.4) is 0 Å². The van der Waals surface area contributed by atoms with Crippen molar-refractivity contribution in [2.45, 2.75) is 25.7 Å². The number of hydrogen-bond acceptors (Lipinski definition) is 4. The fraction of sp³-hybridized carbons (Fsp3) is 0.409. The summed E-state index contributed by atoms with van der Waals surface area (Å²) in [7, 11) is 0. The van der Waals surface area contributed by atoms with Crippen molar-refractivity contribution in [2.75, 3.05) is 36.5 Å². The molecule has 0 unspecified atom stereocenters. The molecule has 2 N–H and O–H groups in total. The predicted octanol–water partition coefficient (Wildman–Crippen LogP) is 4.68. The Labute approximate surface area is 184 Å². The van der Waals surface area contributed by atoms with Gasteiger partial charge in [0.2, 0.25) is 5.91 Å². The lowest BCUT2D eigenvalue weighted by atomic mass is 9.79. The smallest absolute Gasteiger partial charge is 0.224 e. The van der Waals surface area contributed by atoms with Gasteiger partial charge in [-0.05, 0) is 49.6 Å². The van der Waals surface area contributed by atoms with Gasteiger partial charge in [0.05, 0.1) is 29.6 Å². The molecule has 1 fully saturated rings. The fourth-order valence-electron chi connectivity index (χ4n) is 4.10. The average molecular weight is 453 g/mol. The largest absolute Gasteiger partial charge is 0.493 e. The van der Waals surface area contributed by atoms with E-state index in [0.717, 1.165) is 31.6 Å². The number of hydrogen-bond donors (Lipinski definition) is 2. The lowest BCUT2D eigenvalue weighted by Crippen LogP contribution is -2.45. The first-order valence-electron chi connectivity index (χ1n) is 9.96. The maximum absolute atomic E-state index is 14.1. The van der Waals surface area contributed by atoms with Gasteiger partial charge in [0, 0.05) is 35.5 Å². The topological polar surface area (TPSA) is 61.8 Å². The van der Waals surface area contributed by atoms with Gasteiger partial charge in [-0.2, -0.15) is 0 Å². The van der Waals surface area contributed by atoms with E-state index in [9.17, 15) is 14.3 Å². The van der Waals surface area contributed by atoms with Crippen molar-refractivity contribution in [1.82, 2.24) is 0 Å². The first-order chi connectivity index (χ1) is 14.4. The average Bonchev–Trinajstić information content (AvgIpc) is 2.74. The molecule has 0 atom stereocenters. The van der Waals surface area contributed by atoms with Gasteiger partial charge in [-0.15, -0.1) is 0 Å². The first-order valence-corrected chi connectivity index (χ1v) is 10.7. The first kappa shape index (κ1) is 21.2. The molecule has 2 aliphatic rings. The second-order valence-electron chi connectivity index (χ2n) is 7.98. The highest BCUT2D eigenvalue weighted by Gasteiger charge is 2.36. The maximum atomic E-state index is 14.1. The van der Waals surface area contributed by atoms with Crippen molar-refractivity contribution in [1.29, 1.82) is 0 Å². The molecule has 2 aliphatic heterocycles. The third kappa shape index (κ3) is 4.22. The Bertz CT molecular complexity index is 962. The quantitative estimate of drug-likeness (QED) is 0.691. The van der Waals surface area contributed by atoms with Gasteiger partial charge in [0.1, 0.15) is 11.6 Å². The molecule has 0 aliphatic carbocycles. The third-order valence-electron chi connectivity index (χ3n) is 6.03. The molecule has 5 nitrogen and oxygen atoms in total. The summed E-state index contributed by atoms with van der Waals surface area (Å²) in [4.78, 5) is 13.8. The highest BCUT2D eigenvalue weighted by atomic mass is 35.5. The number of amides is 1. The zero-order valence-electron chi connectivity index (χ0n) is 16.4. The van der Waals surface area contributed by atoms with E-state index in [1.807, 2.05) is 12.1 Å². The number of aliphatic hydroxyl groups is 1. The molecule has 0 bridgehead atoms. The lowest BCUT2D eigenvalue weighted by Gasteiger charge is -2.41. The van der Waals surface area contributed by atoms with E-state index < -0.39 is 11.2 Å². The summed E-state index contributed by atoms with van der Waals surface area (Å²) in [5.41, 5.74) is 1.41. The number of halogens is 3. The van der Waals surface area contributed by atoms with E-state index >= 15 is 0 Å². The Kier molecular flexibility index (Phi) is 6.09. The van der Waals surface area contributed by atoms with Crippen LogP contribution < -0.4 is 15.0 Å². The predicted molar refractivity (Wildman–Crippen MR) is 116 cm³/mol. The Morgan fingerprint density at radius 1 is 1.17 bits per heavy atom. The summed E-state index contributed by atoms with van der Waals surface area (Å²) in [6.45, 7) is 1.76. The van der Waals surface area contributed by atoms with E-state index in [0.29, 0.717) is 40.8 Å². The van der Waals surface area contributed by atoms with E-state index in [4.69, 9.17) is 27.9 Å². The van der Waals surface area contributed by atoms with Gasteiger partial charge in [0.25, 0.3) is 0 Å². The van der Waals surface area contributed by atoms with E-state index in [-0.39, 0.29) is 18.2 Å². The Hall–Kier alpha value is -2.02. The number of piperidine rings is 1. The summed E-state index contributed by atoms with van der Waals surface area (Å²) in [5.74, 6) is -0.101. The number of nitrogens with one attached hydrogen (secondary N) is 1. The van der Waals surface area contributed by atoms with Crippen LogP contribution >= 0.6 is 23.2 Å². The van der Waals surface area contributed by atoms with E-state index in [1.54, 1.807) is 12.1 Å². The zero-order chi connectivity index (χ0) is 21.3. The zero-order valence-corrected chi connectivity index (χ0v) is 17.9. The molecule has 2 aromatic rings. The molecule has 8 heteroatoms. The van der Waals surface area contributed by atoms with Gasteiger partial charge in [-0.3, -0.25) is 4.79 Å². The SMILES string of the molecule is O=C1CCc2c(OCC3(CO)CCN(c4ccc(Cl)cc4Cl)CC3)ccc(F)c2N1. The van der Waals surface area contributed by atoms with Crippen molar-refractivity contribution in [3.63, 3.8) is 0 Å². The molecule has 0 saturated carbocycles. The monoisotopic (exact) mass is 452 g/mol. The van der Waals surface area contributed by atoms with Crippen molar-refractivity contribution < 1.29 is 19.0 Å². The van der Waals surface area contributed by atoms with Crippen LogP contribution in [-0.2, 0) is 11.2 Å². The molecular formula is C22H23Cl2FN2O3. The number of anilines is 2. The lowest BCUT2D eigenvalue weighted by molar-refractivity contribution is -0.116. The van der Waals surface area contributed by atoms with Gasteiger partial charge in [-0.1, -0.05) is 23.2 Å². The van der Waals surface area contributed by atoms with Crippen LogP contribution in [0.1, 0.15) is 24.8 Å². The molecule has 2 heterocycles. The minimum atomic E-state index is -0.463. The molecule has 0 aromatic heterocycles. The van der Waals surface area contributed by atoms with Crippen LogP contribution in [0.15, 0.2) is 30.3 Å². The minimum absolute atomic E-state index is 0.00465. The number of carbonyl (C=O) groups excluding carboxylic acids is 1. The number of benzene rings is 2. The van der Waals surface area contributed by atoms with Gasteiger partial charge in [-0.25, -0.2) is 4.39 Å². The third-order valence-corrected chi connectivity index (χ3v) is 6.57. The van der Waals surface area contributed by atoms with Crippen LogP contribution in [0.25, 0.3) is 0 Å². The van der Waals surface area contributed by atoms with Crippen LogP contribution in [-0.4, -0.2) is 37.3 Å². The summed E-state index contributed by atoms with van der Waals surface area (Å²) in [6.07, 6.45) is 2.18. The molecule has 30 heavy (non-hydrogen) atoms. The van der Waals surface area contributed by atoms with Gasteiger partial charge >= 0.3 is 0 Å². The Balaban J connectivity index is 1.45. The summed E-state index contributed by atoms with van der Waals surface area (Å²) < 4.78 is 20.2. The standard InChI is InChI=1S/C22H23Cl2FN2O3/c23-14-1-4-18(16(24)11-14)27-9-7-22(12-28,8-10-27)13-30-19-5-3-17(25)21-15(19)2-6-20(29)26-21/h1,3-5,11,28H,2,6-10,12-13H2,(H,26,29). The second kappa shape index (κ2) is 8.61. The molecule has 0 radical (unpaired) electrons. The molecule has 160 valence electrons. The number of nitrogens with zero attached hydrogens (tertiary/aromatic N) is 1. The van der Waals surface area contributed by atoms with E-state index in [2.05, 4.69) is 10.2 Å². The number of carbonyl (C=O) groups is 1. The highest BCUT2D eigenvalue weighted by Crippen LogP contribution is 2.39. The molecule has 1 amide bonds. The van der Waals surface area contributed by atoms with Crippen LogP contribution in [0.2, 0.25) is 10.0 Å².